The number of ether oxygens (including phenoxy) is 1. The van der Waals surface area contributed by atoms with E-state index in [-0.39, 0.29) is 34.7 Å². The van der Waals surface area contributed by atoms with Gasteiger partial charge in [0.2, 0.25) is 11.8 Å². The highest BCUT2D eigenvalue weighted by Gasteiger charge is 2.49. The summed E-state index contributed by atoms with van der Waals surface area (Å²) in [6.07, 6.45) is -3.70. The molecule has 52 heavy (non-hydrogen) atoms. The summed E-state index contributed by atoms with van der Waals surface area (Å²) in [5, 5.41) is 0. The molecular weight excluding hydrogens is 696 g/mol. The molecule has 1 N–H and O–H groups in total. The van der Waals surface area contributed by atoms with Crippen LogP contribution in [-0.4, -0.2) is 62.6 Å². The smallest absolute Gasteiger partial charge is 0.394 e. The zero-order valence-electron chi connectivity index (χ0n) is 29.9. The van der Waals surface area contributed by atoms with Gasteiger partial charge in [-0.05, 0) is 61.6 Å². The van der Waals surface area contributed by atoms with Crippen LogP contribution in [0.5, 0.6) is 5.88 Å². The van der Waals surface area contributed by atoms with Crippen LogP contribution >= 0.6 is 0 Å². The van der Waals surface area contributed by atoms with E-state index < -0.39 is 46.6 Å². The van der Waals surface area contributed by atoms with Crippen LogP contribution in [-0.2, 0) is 23.6 Å². The predicted molar refractivity (Wildman–Crippen MR) is 190 cm³/mol. The molecule has 6 rings (SSSR count). The number of anilines is 1. The molecule has 3 aromatic heterocycles. The summed E-state index contributed by atoms with van der Waals surface area (Å²) in [7, 11) is -2.50. The number of aryl methyl sites for hydroxylation is 3. The first-order valence-corrected chi connectivity index (χ1v) is 18.2. The van der Waals surface area contributed by atoms with Gasteiger partial charge < -0.3 is 14.2 Å². The van der Waals surface area contributed by atoms with Crippen molar-refractivity contribution in [3.63, 3.8) is 0 Å². The topological polar surface area (TPSA) is 132 Å². The van der Waals surface area contributed by atoms with Crippen LogP contribution in [0.15, 0.2) is 65.7 Å². The molecule has 1 atom stereocenters. The normalized spacial score (nSPS) is 16.6. The molecule has 5 aromatic rings. The Morgan fingerprint density at radius 1 is 1.00 bits per heavy atom. The van der Waals surface area contributed by atoms with Crippen molar-refractivity contribution in [1.29, 1.82) is 0 Å². The fourth-order valence-electron chi connectivity index (χ4n) is 6.48. The summed E-state index contributed by atoms with van der Waals surface area (Å²) in [5.74, 6) is -0.938. The summed E-state index contributed by atoms with van der Waals surface area (Å²) >= 11 is 0. The highest BCUT2D eigenvalue weighted by Crippen LogP contribution is 2.42. The van der Waals surface area contributed by atoms with Crippen LogP contribution < -0.4 is 9.46 Å². The fourth-order valence-corrected chi connectivity index (χ4v) is 7.47. The predicted octanol–water partition coefficient (Wildman–Crippen LogP) is 7.35. The van der Waals surface area contributed by atoms with E-state index in [2.05, 4.69) is 19.7 Å². The quantitative estimate of drug-likeness (QED) is 0.192. The van der Waals surface area contributed by atoms with Crippen molar-refractivity contribution in [1.82, 2.24) is 29.4 Å². The Kier molecular flexibility index (Phi) is 9.53. The molecule has 0 radical (unpaired) electrons. The highest BCUT2D eigenvalue weighted by molar-refractivity contribution is 7.92. The summed E-state index contributed by atoms with van der Waals surface area (Å²) in [6, 6.07) is 13.2. The molecule has 1 amide bonds. The molecule has 2 aromatic carbocycles. The van der Waals surface area contributed by atoms with E-state index in [9.17, 15) is 26.4 Å². The molecule has 0 spiro atoms. The first-order chi connectivity index (χ1) is 24.3. The van der Waals surface area contributed by atoms with Crippen LogP contribution in [0.2, 0.25) is 0 Å². The fraction of sp³-hybridized carbons (Fsp3) is 0.378. The van der Waals surface area contributed by atoms with Gasteiger partial charge >= 0.3 is 6.18 Å². The molecule has 0 aliphatic carbocycles. The minimum atomic E-state index is -4.63. The van der Waals surface area contributed by atoms with Crippen molar-refractivity contribution in [3.8, 4) is 17.1 Å². The summed E-state index contributed by atoms with van der Waals surface area (Å²) in [5.41, 5.74) is 2.92. The Labute approximate surface area is 300 Å². The van der Waals surface area contributed by atoms with E-state index in [1.54, 1.807) is 0 Å². The minimum absolute atomic E-state index is 0.0595. The van der Waals surface area contributed by atoms with Crippen LogP contribution in [0.3, 0.4) is 0 Å². The van der Waals surface area contributed by atoms with Gasteiger partial charge in [0.05, 0.1) is 40.5 Å². The first kappa shape index (κ1) is 36.7. The van der Waals surface area contributed by atoms with Gasteiger partial charge in [-0.1, -0.05) is 52.0 Å². The second-order valence-electron chi connectivity index (χ2n) is 14.2. The van der Waals surface area contributed by atoms with Crippen molar-refractivity contribution in [2.75, 3.05) is 11.3 Å². The number of nitrogens with zero attached hydrogens (tertiary/aromatic N) is 6. The van der Waals surface area contributed by atoms with Gasteiger partial charge in [0.15, 0.2) is 5.65 Å². The SMILES string of the molecule is Cc1cccc(C)c1-c1cc2nc(n1)NS(=O)(=O)c1cccc(c1)C(=O)N(Cc1cnc3cc(C(C)C)n(C)c3n1)[C@H](CC(C)(C)C(F)(F)F)CO2. The van der Waals surface area contributed by atoms with Gasteiger partial charge in [0.1, 0.15) is 12.1 Å². The van der Waals surface area contributed by atoms with Crippen molar-refractivity contribution in [2.24, 2.45) is 12.5 Å². The maximum Gasteiger partial charge on any atom is 0.394 e. The second kappa shape index (κ2) is 13.5. The number of amides is 1. The molecule has 15 heteroatoms. The lowest BCUT2D eigenvalue weighted by Gasteiger charge is -2.37. The Morgan fingerprint density at radius 2 is 1.69 bits per heavy atom. The van der Waals surface area contributed by atoms with Crippen LogP contribution in [0.4, 0.5) is 19.1 Å². The van der Waals surface area contributed by atoms with E-state index in [0.717, 1.165) is 30.7 Å². The van der Waals surface area contributed by atoms with Crippen LogP contribution in [0.25, 0.3) is 22.4 Å². The van der Waals surface area contributed by atoms with Crippen molar-refractivity contribution >= 4 is 33.0 Å². The lowest BCUT2D eigenvalue weighted by atomic mass is 9.84. The number of rotatable bonds is 6. The maximum atomic E-state index is 14.5. The summed E-state index contributed by atoms with van der Waals surface area (Å²) < 4.78 is 81.4. The van der Waals surface area contributed by atoms with Crippen LogP contribution in [0.1, 0.15) is 72.9 Å². The van der Waals surface area contributed by atoms with Gasteiger partial charge in [0.25, 0.3) is 15.9 Å². The number of alkyl halides is 3. The van der Waals surface area contributed by atoms with Gasteiger partial charge in [-0.15, -0.1) is 0 Å². The van der Waals surface area contributed by atoms with Crippen LogP contribution in [0, 0.1) is 19.3 Å². The number of halogens is 3. The van der Waals surface area contributed by atoms with E-state index in [1.807, 2.05) is 63.6 Å². The number of carbonyl (C=O) groups is 1. The van der Waals surface area contributed by atoms with E-state index in [4.69, 9.17) is 9.72 Å². The minimum Gasteiger partial charge on any atom is -0.475 e. The molecular formula is C37H40F3N7O4S. The lowest BCUT2D eigenvalue weighted by Crippen LogP contribution is -2.48. The Morgan fingerprint density at radius 3 is 2.37 bits per heavy atom. The molecule has 0 saturated carbocycles. The molecule has 0 saturated heterocycles. The maximum absolute atomic E-state index is 14.5. The summed E-state index contributed by atoms with van der Waals surface area (Å²) in [4.78, 5) is 33.6. The van der Waals surface area contributed by atoms with Gasteiger partial charge in [-0.2, -0.15) is 18.2 Å². The zero-order chi connectivity index (χ0) is 37.7. The van der Waals surface area contributed by atoms with Gasteiger partial charge in [0, 0.05) is 29.9 Å². The number of hydrogen-bond donors (Lipinski definition) is 1. The van der Waals surface area contributed by atoms with Gasteiger partial charge in [-0.3, -0.25) is 9.78 Å². The number of carbonyl (C=O) groups excluding carboxylic acids is 1. The first-order valence-electron chi connectivity index (χ1n) is 16.7. The molecule has 1 aliphatic rings. The Hall–Kier alpha value is -5.05. The van der Waals surface area contributed by atoms with E-state index in [1.165, 1.54) is 41.4 Å². The summed E-state index contributed by atoms with van der Waals surface area (Å²) in [6.45, 7) is 9.30. The van der Waals surface area contributed by atoms with Gasteiger partial charge in [-0.25, -0.2) is 23.1 Å². The molecule has 11 nitrogen and oxygen atoms in total. The number of benzene rings is 2. The third kappa shape index (κ3) is 7.18. The molecule has 274 valence electrons. The Bertz CT molecular complexity index is 2270. The average Bonchev–Trinajstić information content (AvgIpc) is 3.40. The molecule has 1 aliphatic heterocycles. The standard InChI is InChI=1S/C37H40F3N7O4S/c1-21(2)30-15-29-33(46(30)7)42-25(18-41-29)19-47-26(17-36(5,6)37(38,39)40)20-51-31-16-28(32-22(3)10-8-11-23(32)4)43-35(44-31)45-52(49,50)27-13-9-12-24(14-27)34(47)48/h8-16,18,21,26H,17,19-20H2,1-7H3,(H,43,44,45)/t26-/m1/s1. The lowest BCUT2D eigenvalue weighted by molar-refractivity contribution is -0.217. The molecule has 0 unspecified atom stereocenters. The monoisotopic (exact) mass is 735 g/mol. The Balaban J connectivity index is 1.53. The molecule has 4 bridgehead atoms. The van der Waals surface area contributed by atoms with E-state index >= 15 is 0 Å². The van der Waals surface area contributed by atoms with Crippen molar-refractivity contribution < 1.29 is 31.1 Å². The number of hydrogen-bond acceptors (Lipinski definition) is 8. The van der Waals surface area contributed by atoms with E-state index in [0.29, 0.717) is 28.1 Å². The number of fused-ring (bicyclic) bond motifs is 5. The average molecular weight is 736 g/mol. The number of aromatic nitrogens is 5. The highest BCUT2D eigenvalue weighted by atomic mass is 32.2. The van der Waals surface area contributed by atoms with Crippen molar-refractivity contribution in [3.05, 3.63) is 88.9 Å². The van der Waals surface area contributed by atoms with Crippen molar-refractivity contribution in [2.45, 2.75) is 77.5 Å². The molecule has 0 fully saturated rings. The second-order valence-corrected chi connectivity index (χ2v) is 15.8. The molecule has 4 heterocycles. The largest absolute Gasteiger partial charge is 0.475 e. The number of nitrogens with one attached hydrogen (secondary N) is 1. The zero-order valence-corrected chi connectivity index (χ0v) is 30.7. The third-order valence-corrected chi connectivity index (χ3v) is 10.8. The number of sulfonamides is 1. The third-order valence-electron chi connectivity index (χ3n) is 9.44.